The van der Waals surface area contributed by atoms with E-state index in [0.717, 1.165) is 30.6 Å². The lowest BCUT2D eigenvalue weighted by Gasteiger charge is -2.27. The zero-order valence-electron chi connectivity index (χ0n) is 32.8. The highest BCUT2D eigenvalue weighted by Crippen LogP contribution is 2.40. The van der Waals surface area contributed by atoms with Crippen LogP contribution in [0.15, 0.2) is 218 Å². The van der Waals surface area contributed by atoms with Crippen LogP contribution in [-0.4, -0.2) is 4.57 Å². The average Bonchev–Trinajstić information content (AvgIpc) is 3.43. The molecule has 2 aliphatic carbocycles. The minimum Gasteiger partial charge on any atom is -0.310 e. The Morgan fingerprint density at radius 3 is 2.15 bits per heavy atom. The summed E-state index contributed by atoms with van der Waals surface area (Å²) in [5.41, 5.74) is 17.2. The van der Waals surface area contributed by atoms with Gasteiger partial charge in [0.15, 0.2) is 0 Å². The standard InChI is InChI=1S/C57H42N2/c1-3-22-47(23-4-1)58(55-30-14-19-42-16-8-10-28-52(42)55)49-26-12-17-40(31-34-49)43-20-11-21-44(37-43)45-33-36-56-54(38-45)53-35-32-46(39-57(53)59(56)48-24-5-2-6-25-48)51-29-13-18-41-15-7-9-27-50(41)51/h1-6,8-11,13-14,16-39H,7,12,15H2. The van der Waals surface area contributed by atoms with Crippen LogP contribution in [0, 0.1) is 0 Å². The summed E-state index contributed by atoms with van der Waals surface area (Å²) >= 11 is 0. The maximum Gasteiger partial charge on any atom is 0.0547 e. The summed E-state index contributed by atoms with van der Waals surface area (Å²) in [7, 11) is 0. The van der Waals surface area contributed by atoms with Crippen LogP contribution in [-0.2, 0) is 6.42 Å². The van der Waals surface area contributed by atoms with E-state index in [2.05, 4.69) is 228 Å². The Kier molecular flexibility index (Phi) is 8.74. The molecular formula is C57H42N2. The molecule has 0 saturated heterocycles. The Morgan fingerprint density at radius 2 is 1.24 bits per heavy atom. The number of aryl methyl sites for hydroxylation is 1. The lowest BCUT2D eigenvalue weighted by Crippen LogP contribution is -2.15. The van der Waals surface area contributed by atoms with Crippen LogP contribution in [0.25, 0.3) is 72.2 Å². The number of fused-ring (bicyclic) bond motifs is 5. The van der Waals surface area contributed by atoms with Crippen molar-refractivity contribution in [2.75, 3.05) is 4.90 Å². The third kappa shape index (κ3) is 6.31. The van der Waals surface area contributed by atoms with Gasteiger partial charge in [0.2, 0.25) is 0 Å². The number of aromatic nitrogens is 1. The number of hydrogen-bond donors (Lipinski definition) is 0. The molecule has 1 aromatic heterocycles. The summed E-state index contributed by atoms with van der Waals surface area (Å²) in [5, 5.41) is 4.98. The Bertz CT molecular complexity index is 3170. The summed E-state index contributed by atoms with van der Waals surface area (Å²) in [4.78, 5) is 2.39. The van der Waals surface area contributed by atoms with Crippen molar-refractivity contribution in [2.24, 2.45) is 0 Å². The topological polar surface area (TPSA) is 8.17 Å². The van der Waals surface area contributed by atoms with E-state index in [1.807, 2.05) is 0 Å². The van der Waals surface area contributed by atoms with Gasteiger partial charge in [-0.05, 0) is 130 Å². The molecule has 0 atom stereocenters. The van der Waals surface area contributed by atoms with Gasteiger partial charge < -0.3 is 9.47 Å². The highest BCUT2D eigenvalue weighted by Gasteiger charge is 2.19. The van der Waals surface area contributed by atoms with Crippen LogP contribution in [0.3, 0.4) is 0 Å². The molecule has 0 spiro atoms. The molecule has 8 aromatic carbocycles. The first-order chi connectivity index (χ1) is 29.3. The minimum atomic E-state index is 0.824. The first-order valence-electron chi connectivity index (χ1n) is 20.7. The van der Waals surface area contributed by atoms with Crippen molar-refractivity contribution in [1.29, 1.82) is 0 Å². The third-order valence-electron chi connectivity index (χ3n) is 12.1. The van der Waals surface area contributed by atoms with Crippen LogP contribution in [0.2, 0.25) is 0 Å². The van der Waals surface area contributed by atoms with Gasteiger partial charge in [0.25, 0.3) is 0 Å². The molecule has 2 nitrogen and oxygen atoms in total. The van der Waals surface area contributed by atoms with Gasteiger partial charge in [0, 0.05) is 33.2 Å². The predicted octanol–water partition coefficient (Wildman–Crippen LogP) is 15.3. The summed E-state index contributed by atoms with van der Waals surface area (Å²) in [6.07, 6.45) is 16.9. The van der Waals surface area contributed by atoms with Crippen molar-refractivity contribution in [3.8, 4) is 27.9 Å². The summed E-state index contributed by atoms with van der Waals surface area (Å²) < 4.78 is 2.43. The Hall–Kier alpha value is -7.42. The van der Waals surface area contributed by atoms with E-state index in [-0.39, 0.29) is 0 Å². The molecule has 0 saturated carbocycles. The number of anilines is 2. The molecule has 0 unspecified atom stereocenters. The van der Waals surface area contributed by atoms with Crippen LogP contribution < -0.4 is 4.90 Å². The second kappa shape index (κ2) is 14.8. The quantitative estimate of drug-likeness (QED) is 0.157. The molecule has 2 heteroatoms. The van der Waals surface area contributed by atoms with E-state index in [1.54, 1.807) is 0 Å². The fourth-order valence-corrected chi connectivity index (χ4v) is 9.23. The molecule has 9 aromatic rings. The molecule has 11 rings (SSSR count). The maximum atomic E-state index is 2.43. The second-order valence-electron chi connectivity index (χ2n) is 15.6. The van der Waals surface area contributed by atoms with Crippen molar-refractivity contribution >= 4 is 55.6 Å². The van der Waals surface area contributed by atoms with Crippen molar-refractivity contribution in [1.82, 2.24) is 4.57 Å². The van der Waals surface area contributed by atoms with Gasteiger partial charge in [-0.2, -0.15) is 0 Å². The normalized spacial score (nSPS) is 13.6. The number of benzene rings is 8. The van der Waals surface area contributed by atoms with Crippen LogP contribution in [0.5, 0.6) is 0 Å². The number of para-hydroxylation sites is 2. The second-order valence-corrected chi connectivity index (χ2v) is 15.6. The lowest BCUT2D eigenvalue weighted by molar-refractivity contribution is 0.986. The zero-order valence-corrected chi connectivity index (χ0v) is 32.8. The Labute approximate surface area is 345 Å². The summed E-state index contributed by atoms with van der Waals surface area (Å²) in [6, 6.07) is 66.6. The number of allylic oxidation sites excluding steroid dienone is 6. The Balaban J connectivity index is 0.965. The SMILES string of the molecule is C1=Cc2c(cccc2-c2ccc3c4cc(-c5cccc(C6=CCC=C(N(c7ccccc7)c7cccc8ccccc78)C=C6)c5)ccc4n(-c4ccccc4)c3c2)CC1. The molecule has 1 heterocycles. The monoisotopic (exact) mass is 754 g/mol. The van der Waals surface area contributed by atoms with Gasteiger partial charge >= 0.3 is 0 Å². The summed E-state index contributed by atoms with van der Waals surface area (Å²) in [6.45, 7) is 0. The highest BCUT2D eigenvalue weighted by atomic mass is 15.1. The van der Waals surface area contributed by atoms with Gasteiger partial charge in [-0.15, -0.1) is 0 Å². The van der Waals surface area contributed by atoms with E-state index in [0.29, 0.717) is 0 Å². The van der Waals surface area contributed by atoms with Gasteiger partial charge in [-0.25, -0.2) is 0 Å². The molecule has 2 aliphatic rings. The zero-order chi connectivity index (χ0) is 39.1. The molecule has 0 amide bonds. The van der Waals surface area contributed by atoms with E-state index in [1.165, 1.54) is 88.5 Å². The molecule has 0 radical (unpaired) electrons. The first-order valence-corrected chi connectivity index (χ1v) is 20.7. The largest absolute Gasteiger partial charge is 0.310 e. The van der Waals surface area contributed by atoms with Crippen LogP contribution >= 0.6 is 0 Å². The first kappa shape index (κ1) is 34.8. The number of nitrogens with zero attached hydrogens (tertiary/aromatic N) is 2. The van der Waals surface area contributed by atoms with Gasteiger partial charge in [0.05, 0.1) is 16.7 Å². The third-order valence-corrected chi connectivity index (χ3v) is 12.1. The molecule has 0 aliphatic heterocycles. The van der Waals surface area contributed by atoms with E-state index < -0.39 is 0 Å². The van der Waals surface area contributed by atoms with Crippen LogP contribution in [0.1, 0.15) is 29.5 Å². The van der Waals surface area contributed by atoms with Gasteiger partial charge in [-0.3, -0.25) is 0 Å². The van der Waals surface area contributed by atoms with Gasteiger partial charge in [-0.1, -0.05) is 158 Å². The van der Waals surface area contributed by atoms with Crippen LogP contribution in [0.4, 0.5) is 11.4 Å². The lowest BCUT2D eigenvalue weighted by atomic mass is 9.90. The number of hydrogen-bond acceptors (Lipinski definition) is 1. The maximum absolute atomic E-state index is 2.43. The van der Waals surface area contributed by atoms with Crippen molar-refractivity contribution in [3.63, 3.8) is 0 Å². The van der Waals surface area contributed by atoms with E-state index in [9.17, 15) is 0 Å². The molecule has 59 heavy (non-hydrogen) atoms. The van der Waals surface area contributed by atoms with E-state index >= 15 is 0 Å². The number of rotatable bonds is 7. The smallest absolute Gasteiger partial charge is 0.0547 e. The Morgan fingerprint density at radius 1 is 0.475 bits per heavy atom. The summed E-state index contributed by atoms with van der Waals surface area (Å²) in [5.74, 6) is 0. The molecule has 0 N–H and O–H groups in total. The van der Waals surface area contributed by atoms with Crippen molar-refractivity contribution in [2.45, 2.75) is 19.3 Å². The van der Waals surface area contributed by atoms with Crippen molar-refractivity contribution < 1.29 is 0 Å². The molecule has 0 bridgehead atoms. The molecule has 0 fully saturated rings. The molecular weight excluding hydrogens is 713 g/mol. The predicted molar refractivity (Wildman–Crippen MR) is 251 cm³/mol. The minimum absolute atomic E-state index is 0.824. The highest BCUT2D eigenvalue weighted by molar-refractivity contribution is 6.11. The fraction of sp³-hybridized carbons (Fsp3) is 0.0526. The fourth-order valence-electron chi connectivity index (χ4n) is 9.23. The average molecular weight is 755 g/mol. The molecule has 280 valence electrons. The van der Waals surface area contributed by atoms with E-state index in [4.69, 9.17) is 0 Å². The van der Waals surface area contributed by atoms with Crippen molar-refractivity contribution in [3.05, 3.63) is 235 Å². The van der Waals surface area contributed by atoms with Gasteiger partial charge in [0.1, 0.15) is 0 Å².